The number of carboxylic acid groups (broad SMARTS) is 1. The standard InChI is InChI=1S/C37H44N4O13/c38-27-9-6-20(41-27)10-13-50-22-7-4-19(5-8-22)24-14-23(42)28-25(51-24)15-26(31(29(28)43)54-36(48)11-2-1-3-12-36)52-35-30(44)32(45)37(49,33(53-35)34(46)47)16-21-17-39-18-40-21/h4-9,14-15,21,30,32-33,35,39-41,43-45,48-49H,1-3,10-13,16-18,38H2,(H,46,47)/t21-,30+,32-,33+,35+,37-/m0/s1. The van der Waals surface area contributed by atoms with Crippen molar-refractivity contribution in [3.8, 4) is 34.3 Å². The number of rotatable bonds is 12. The molecular formula is C37H44N4O13. The number of phenolic OH excluding ortho intramolecular Hbond substituents is 1. The quantitative estimate of drug-likeness (QED) is 0.0913. The number of nitrogen functional groups attached to an aromatic ring is 1. The zero-order valence-corrected chi connectivity index (χ0v) is 29.2. The molecule has 17 heteroatoms. The highest BCUT2D eigenvalue weighted by molar-refractivity contribution is 5.89. The van der Waals surface area contributed by atoms with Gasteiger partial charge in [0.15, 0.2) is 23.0 Å². The van der Waals surface area contributed by atoms with Crippen LogP contribution in [0.5, 0.6) is 23.0 Å². The smallest absolute Gasteiger partial charge is 0.336 e. The van der Waals surface area contributed by atoms with Crippen LogP contribution in [0.1, 0.15) is 44.2 Å². The SMILES string of the molecule is Nc1ccc(CCOc2ccc(-c3cc(=O)c4c(O)c(OC5(O)CCCCC5)c(O[C@@H]5O[C@H](C(=O)O)[C@](O)(C[C@H]6CNCN6)[C@@H](O)[C@H]5O)cc4o3)cc2)[nH]1. The van der Waals surface area contributed by atoms with Crippen molar-refractivity contribution in [2.75, 3.05) is 25.6 Å². The van der Waals surface area contributed by atoms with Crippen LogP contribution in [0.3, 0.4) is 0 Å². The maximum absolute atomic E-state index is 13.6. The molecule has 1 saturated carbocycles. The number of phenols is 1. The van der Waals surface area contributed by atoms with E-state index in [0.29, 0.717) is 56.2 Å². The predicted octanol–water partition coefficient (Wildman–Crippen LogP) is 1.28. The molecule has 2 aromatic carbocycles. The second-order valence-corrected chi connectivity index (χ2v) is 14.1. The van der Waals surface area contributed by atoms with Gasteiger partial charge in [-0.15, -0.1) is 0 Å². The number of H-pyrrole nitrogens is 1. The third-order valence-electron chi connectivity index (χ3n) is 10.2. The highest BCUT2D eigenvalue weighted by Gasteiger charge is 2.59. The Morgan fingerprint density at radius 1 is 1.04 bits per heavy atom. The van der Waals surface area contributed by atoms with E-state index >= 15 is 0 Å². The summed E-state index contributed by atoms with van der Waals surface area (Å²) in [4.78, 5) is 29.0. The summed E-state index contributed by atoms with van der Waals surface area (Å²) in [5, 5.41) is 72.5. The summed E-state index contributed by atoms with van der Waals surface area (Å²) in [5.74, 6) is -3.80. The Morgan fingerprint density at radius 3 is 2.46 bits per heavy atom. The molecule has 4 aromatic rings. The molecule has 2 saturated heterocycles. The fourth-order valence-electron chi connectivity index (χ4n) is 7.31. The molecule has 2 aromatic heterocycles. The number of ether oxygens (including phenoxy) is 4. The van der Waals surface area contributed by atoms with Gasteiger partial charge in [0.2, 0.25) is 17.8 Å². The summed E-state index contributed by atoms with van der Waals surface area (Å²) in [6.45, 7) is 1.14. The second-order valence-electron chi connectivity index (χ2n) is 14.1. The van der Waals surface area contributed by atoms with Gasteiger partial charge >= 0.3 is 5.97 Å². The lowest BCUT2D eigenvalue weighted by Crippen LogP contribution is -2.70. The van der Waals surface area contributed by atoms with Gasteiger partial charge in [0.1, 0.15) is 46.1 Å². The molecular weight excluding hydrogens is 708 g/mol. The zero-order chi connectivity index (χ0) is 38.2. The van der Waals surface area contributed by atoms with E-state index in [4.69, 9.17) is 29.1 Å². The summed E-state index contributed by atoms with van der Waals surface area (Å²) < 4.78 is 29.4. The molecule has 2 aliphatic heterocycles. The van der Waals surface area contributed by atoms with Crippen LogP contribution in [0, 0.1) is 0 Å². The molecule has 6 atom stereocenters. The molecule has 1 aliphatic carbocycles. The number of aromatic nitrogens is 1. The molecule has 0 spiro atoms. The second kappa shape index (κ2) is 15.1. The number of aromatic amines is 1. The van der Waals surface area contributed by atoms with Gasteiger partial charge in [-0.3, -0.25) is 4.79 Å². The van der Waals surface area contributed by atoms with Crippen LogP contribution in [0.25, 0.3) is 22.3 Å². The Bertz CT molecular complexity index is 2020. The largest absolute Gasteiger partial charge is 0.504 e. The Labute approximate surface area is 308 Å². The first-order valence-electron chi connectivity index (χ1n) is 17.8. The zero-order valence-electron chi connectivity index (χ0n) is 29.2. The fraction of sp³-hybridized carbons (Fsp3) is 0.459. The number of nitrogens with two attached hydrogens (primary N) is 1. The molecule has 4 heterocycles. The monoisotopic (exact) mass is 752 g/mol. The van der Waals surface area contributed by atoms with E-state index in [9.17, 15) is 40.2 Å². The summed E-state index contributed by atoms with van der Waals surface area (Å²) in [6, 6.07) is 12.3. The molecule has 17 nitrogen and oxygen atoms in total. The molecule has 290 valence electrons. The van der Waals surface area contributed by atoms with Gasteiger partial charge in [-0.25, -0.2) is 4.79 Å². The maximum atomic E-state index is 13.6. The van der Waals surface area contributed by atoms with Crippen LogP contribution in [0.15, 0.2) is 57.7 Å². The summed E-state index contributed by atoms with van der Waals surface area (Å²) in [7, 11) is 0. The number of aliphatic hydroxyl groups is 4. The molecule has 0 unspecified atom stereocenters. The van der Waals surface area contributed by atoms with E-state index in [1.54, 1.807) is 30.3 Å². The van der Waals surface area contributed by atoms with Crippen LogP contribution in [-0.2, 0) is 16.0 Å². The van der Waals surface area contributed by atoms with Gasteiger partial charge in [-0.1, -0.05) is 6.42 Å². The number of anilines is 1. The molecule has 7 rings (SSSR count). The van der Waals surface area contributed by atoms with Crippen molar-refractivity contribution in [1.82, 2.24) is 15.6 Å². The van der Waals surface area contributed by atoms with E-state index < -0.39 is 70.7 Å². The molecule has 0 amide bonds. The normalized spacial score (nSPS) is 26.8. The van der Waals surface area contributed by atoms with Crippen molar-refractivity contribution in [2.24, 2.45) is 0 Å². The van der Waals surface area contributed by atoms with E-state index in [2.05, 4.69) is 15.6 Å². The highest BCUT2D eigenvalue weighted by atomic mass is 16.7. The van der Waals surface area contributed by atoms with E-state index in [-0.39, 0.29) is 36.0 Å². The topological polar surface area (TPSA) is 271 Å². The Kier molecular flexibility index (Phi) is 10.5. The number of hydrogen-bond donors (Lipinski definition) is 10. The number of aliphatic carboxylic acids is 1. The number of benzene rings is 2. The van der Waals surface area contributed by atoms with Crippen molar-refractivity contribution in [3.05, 3.63) is 64.4 Å². The van der Waals surface area contributed by atoms with Gasteiger partial charge in [-0.2, -0.15) is 0 Å². The van der Waals surface area contributed by atoms with Crippen LogP contribution in [0.2, 0.25) is 0 Å². The first-order valence-corrected chi connectivity index (χ1v) is 17.8. The number of hydrogen-bond acceptors (Lipinski definition) is 15. The first kappa shape index (κ1) is 37.4. The predicted molar refractivity (Wildman–Crippen MR) is 191 cm³/mol. The number of fused-ring (bicyclic) bond motifs is 1. The highest BCUT2D eigenvalue weighted by Crippen LogP contribution is 2.47. The van der Waals surface area contributed by atoms with Crippen LogP contribution < -0.4 is 36.0 Å². The lowest BCUT2D eigenvalue weighted by atomic mass is 9.79. The van der Waals surface area contributed by atoms with Gasteiger partial charge < -0.3 is 75.4 Å². The Morgan fingerprint density at radius 2 is 1.80 bits per heavy atom. The third-order valence-corrected chi connectivity index (χ3v) is 10.2. The van der Waals surface area contributed by atoms with Gasteiger partial charge in [0.05, 0.1) is 6.61 Å². The summed E-state index contributed by atoms with van der Waals surface area (Å²) in [6.07, 6.45) is -5.32. The minimum Gasteiger partial charge on any atom is -0.504 e. The minimum absolute atomic E-state index is 0.112. The Balaban J connectivity index is 1.20. The molecule has 11 N–H and O–H groups in total. The van der Waals surface area contributed by atoms with Crippen LogP contribution >= 0.6 is 0 Å². The van der Waals surface area contributed by atoms with Crippen LogP contribution in [0.4, 0.5) is 5.82 Å². The van der Waals surface area contributed by atoms with Crippen molar-refractivity contribution in [2.45, 2.75) is 87.0 Å². The fourth-order valence-corrected chi connectivity index (χ4v) is 7.31. The van der Waals surface area contributed by atoms with Crippen molar-refractivity contribution in [1.29, 1.82) is 0 Å². The van der Waals surface area contributed by atoms with Gasteiger partial charge in [-0.05, 0) is 55.7 Å². The van der Waals surface area contributed by atoms with Crippen LogP contribution in [-0.4, -0.2) is 103 Å². The lowest BCUT2D eigenvalue weighted by molar-refractivity contribution is -0.307. The molecule has 0 radical (unpaired) electrons. The third kappa shape index (κ3) is 7.56. The summed E-state index contributed by atoms with van der Waals surface area (Å²) >= 11 is 0. The number of aromatic hydroxyl groups is 1. The van der Waals surface area contributed by atoms with E-state index in [1.165, 1.54) is 12.1 Å². The summed E-state index contributed by atoms with van der Waals surface area (Å²) in [5.41, 5.74) is 3.86. The van der Waals surface area contributed by atoms with Gasteiger partial charge in [0.25, 0.3) is 0 Å². The lowest BCUT2D eigenvalue weighted by Gasteiger charge is -2.47. The average molecular weight is 753 g/mol. The first-order chi connectivity index (χ1) is 25.8. The minimum atomic E-state index is -2.43. The number of nitrogens with one attached hydrogen (secondary N) is 3. The molecule has 3 aliphatic rings. The molecule has 3 fully saturated rings. The Hall–Kier alpha value is -4.88. The van der Waals surface area contributed by atoms with Crippen molar-refractivity contribution < 1.29 is 58.8 Å². The average Bonchev–Trinajstić information content (AvgIpc) is 3.81. The van der Waals surface area contributed by atoms with Crippen molar-refractivity contribution in [3.63, 3.8) is 0 Å². The molecule has 54 heavy (non-hydrogen) atoms. The van der Waals surface area contributed by atoms with Crippen molar-refractivity contribution >= 4 is 22.8 Å². The maximum Gasteiger partial charge on any atom is 0.336 e. The van der Waals surface area contributed by atoms with Gasteiger partial charge in [0, 0.05) is 61.9 Å². The number of aliphatic hydroxyl groups excluding tert-OH is 2. The van der Waals surface area contributed by atoms with E-state index in [1.807, 2.05) is 6.07 Å². The number of carbonyl (C=O) groups is 1. The van der Waals surface area contributed by atoms with E-state index in [0.717, 1.165) is 12.1 Å². The molecule has 0 bridgehead atoms. The number of carboxylic acids is 1.